The van der Waals surface area contributed by atoms with Crippen molar-refractivity contribution in [2.75, 3.05) is 13.7 Å². The zero-order valence-corrected chi connectivity index (χ0v) is 13.9. The van der Waals surface area contributed by atoms with E-state index in [9.17, 15) is 4.79 Å². The van der Waals surface area contributed by atoms with Crippen molar-refractivity contribution in [2.24, 2.45) is 5.92 Å². The Balaban J connectivity index is 1.73. The van der Waals surface area contributed by atoms with Gasteiger partial charge in [0.1, 0.15) is 11.4 Å². The summed E-state index contributed by atoms with van der Waals surface area (Å²) in [5.41, 5.74) is 2.64. The normalized spacial score (nSPS) is 17.2. The maximum atomic E-state index is 12.7. The first-order valence-electron chi connectivity index (χ1n) is 8.07. The van der Waals surface area contributed by atoms with Crippen molar-refractivity contribution >= 4 is 5.91 Å². The average molecular weight is 313 g/mol. The van der Waals surface area contributed by atoms with Crippen LogP contribution in [0.5, 0.6) is 5.75 Å². The summed E-state index contributed by atoms with van der Waals surface area (Å²) in [6.45, 7) is 5.07. The van der Waals surface area contributed by atoms with Crippen LogP contribution in [0.1, 0.15) is 48.1 Å². The van der Waals surface area contributed by atoms with Gasteiger partial charge in [0.25, 0.3) is 5.91 Å². The molecule has 0 bridgehead atoms. The summed E-state index contributed by atoms with van der Waals surface area (Å²) in [4.78, 5) is 14.6. The summed E-state index contributed by atoms with van der Waals surface area (Å²) >= 11 is 0. The van der Waals surface area contributed by atoms with E-state index in [1.807, 2.05) is 35.2 Å². The molecule has 1 aromatic heterocycles. The number of amides is 1. The number of nitrogens with one attached hydrogen (secondary N) is 1. The smallest absolute Gasteiger partial charge is 0.274 e. The number of aromatic nitrogens is 2. The molecule has 1 aromatic carbocycles. The van der Waals surface area contributed by atoms with E-state index >= 15 is 0 Å². The molecule has 1 aliphatic heterocycles. The van der Waals surface area contributed by atoms with Crippen molar-refractivity contribution < 1.29 is 9.53 Å². The van der Waals surface area contributed by atoms with Gasteiger partial charge in [0.05, 0.1) is 13.2 Å². The Bertz CT molecular complexity index is 693. The first kappa shape index (κ1) is 15.6. The zero-order valence-electron chi connectivity index (χ0n) is 13.9. The molecule has 0 saturated carbocycles. The van der Waals surface area contributed by atoms with Gasteiger partial charge in [0.2, 0.25) is 0 Å². The Labute approximate surface area is 136 Å². The number of carbonyl (C=O) groups is 1. The first-order valence-corrected chi connectivity index (χ1v) is 8.07. The minimum Gasteiger partial charge on any atom is -0.497 e. The molecule has 1 atom stereocenters. The van der Waals surface area contributed by atoms with Crippen molar-refractivity contribution in [3.05, 3.63) is 47.3 Å². The van der Waals surface area contributed by atoms with Crippen LogP contribution in [0.15, 0.2) is 30.3 Å². The number of benzene rings is 1. The monoisotopic (exact) mass is 313 g/mol. The van der Waals surface area contributed by atoms with Gasteiger partial charge in [-0.15, -0.1) is 0 Å². The molecule has 0 radical (unpaired) electrons. The quantitative estimate of drug-likeness (QED) is 0.922. The summed E-state index contributed by atoms with van der Waals surface area (Å²) in [6, 6.07) is 9.91. The molecule has 1 unspecified atom stereocenters. The van der Waals surface area contributed by atoms with Gasteiger partial charge in [-0.2, -0.15) is 5.10 Å². The van der Waals surface area contributed by atoms with Gasteiger partial charge in [-0.1, -0.05) is 26.0 Å². The first-order chi connectivity index (χ1) is 11.1. The number of rotatable bonds is 5. The predicted octanol–water partition coefficient (Wildman–Crippen LogP) is 3.20. The van der Waals surface area contributed by atoms with Crippen molar-refractivity contribution in [2.45, 2.75) is 32.7 Å². The predicted molar refractivity (Wildman–Crippen MR) is 88.5 cm³/mol. The summed E-state index contributed by atoms with van der Waals surface area (Å²) < 4.78 is 5.27. The van der Waals surface area contributed by atoms with Crippen LogP contribution >= 0.6 is 0 Å². The van der Waals surface area contributed by atoms with E-state index in [1.54, 1.807) is 7.11 Å². The topological polar surface area (TPSA) is 58.2 Å². The fraction of sp³-hybridized carbons (Fsp3) is 0.444. The van der Waals surface area contributed by atoms with Crippen molar-refractivity contribution in [3.63, 3.8) is 0 Å². The van der Waals surface area contributed by atoms with Crippen LogP contribution in [0.3, 0.4) is 0 Å². The van der Waals surface area contributed by atoms with E-state index in [0.29, 0.717) is 11.6 Å². The van der Waals surface area contributed by atoms with Crippen LogP contribution in [0.4, 0.5) is 0 Å². The highest BCUT2D eigenvalue weighted by Crippen LogP contribution is 2.35. The Morgan fingerprint density at radius 2 is 2.26 bits per heavy atom. The third-order valence-corrected chi connectivity index (χ3v) is 4.24. The molecule has 0 aliphatic carbocycles. The molecule has 0 spiro atoms. The maximum Gasteiger partial charge on any atom is 0.274 e. The van der Waals surface area contributed by atoms with Gasteiger partial charge in [0, 0.05) is 12.2 Å². The number of carbonyl (C=O) groups excluding carboxylic acids is 1. The van der Waals surface area contributed by atoms with Gasteiger partial charge in [-0.3, -0.25) is 9.89 Å². The second-order valence-corrected chi connectivity index (χ2v) is 6.46. The van der Waals surface area contributed by atoms with Gasteiger partial charge in [-0.25, -0.2) is 0 Å². The lowest BCUT2D eigenvalue weighted by atomic mass is 9.94. The molecule has 1 amide bonds. The average Bonchev–Trinajstić information content (AvgIpc) is 2.94. The lowest BCUT2D eigenvalue weighted by molar-refractivity contribution is 0.0453. The minimum absolute atomic E-state index is 0.00433. The fourth-order valence-corrected chi connectivity index (χ4v) is 2.99. The van der Waals surface area contributed by atoms with Crippen molar-refractivity contribution in [1.82, 2.24) is 15.1 Å². The molecule has 5 heteroatoms. The molecule has 3 rings (SSSR count). The zero-order chi connectivity index (χ0) is 16.4. The number of ether oxygens (including phenoxy) is 1. The second kappa shape index (κ2) is 6.44. The number of methoxy groups -OCH3 is 1. The van der Waals surface area contributed by atoms with Crippen LogP contribution in [0.25, 0.3) is 0 Å². The van der Waals surface area contributed by atoms with E-state index in [-0.39, 0.29) is 11.9 Å². The van der Waals surface area contributed by atoms with E-state index in [1.165, 1.54) is 0 Å². The third kappa shape index (κ3) is 3.23. The van der Waals surface area contributed by atoms with Gasteiger partial charge >= 0.3 is 0 Å². The Kier molecular flexibility index (Phi) is 4.37. The van der Waals surface area contributed by atoms with Gasteiger partial charge in [-0.05, 0) is 42.5 Å². The Hall–Kier alpha value is -2.30. The molecule has 1 N–H and O–H groups in total. The molecule has 1 fully saturated rings. The maximum absolute atomic E-state index is 12.7. The Morgan fingerprint density at radius 1 is 1.43 bits per heavy atom. The second-order valence-electron chi connectivity index (χ2n) is 6.46. The summed E-state index contributed by atoms with van der Waals surface area (Å²) in [5.74, 6) is 1.35. The lowest BCUT2D eigenvalue weighted by Crippen LogP contribution is -2.45. The number of likely N-dealkylation sites (tertiary alicyclic amines) is 1. The highest BCUT2D eigenvalue weighted by Gasteiger charge is 2.35. The molecule has 2 aromatic rings. The van der Waals surface area contributed by atoms with Crippen LogP contribution < -0.4 is 4.74 Å². The van der Waals surface area contributed by atoms with E-state index in [0.717, 1.165) is 36.4 Å². The highest BCUT2D eigenvalue weighted by atomic mass is 16.5. The molecule has 122 valence electrons. The van der Waals surface area contributed by atoms with E-state index in [2.05, 4.69) is 24.0 Å². The summed E-state index contributed by atoms with van der Waals surface area (Å²) in [5, 5.41) is 7.17. The fourth-order valence-electron chi connectivity index (χ4n) is 2.99. The molecule has 2 heterocycles. The largest absolute Gasteiger partial charge is 0.497 e. The summed E-state index contributed by atoms with van der Waals surface area (Å²) in [6.07, 6.45) is 1.88. The minimum atomic E-state index is -0.00433. The standard InChI is InChI=1S/C18H23N3O2/c1-12(2)9-14-11-16(20-19-14)18(22)21-8-7-17(21)13-5-4-6-15(10-13)23-3/h4-6,10-12,17H,7-9H2,1-3H3,(H,19,20). The number of hydrogen-bond acceptors (Lipinski definition) is 3. The van der Waals surface area contributed by atoms with Crippen LogP contribution in [-0.4, -0.2) is 34.7 Å². The SMILES string of the molecule is COc1cccc(C2CCN2C(=O)c2cc(CC(C)C)[nH]n2)c1. The number of aromatic amines is 1. The molecule has 1 saturated heterocycles. The molecule has 23 heavy (non-hydrogen) atoms. The van der Waals surface area contributed by atoms with Crippen molar-refractivity contribution in [3.8, 4) is 5.75 Å². The highest BCUT2D eigenvalue weighted by molar-refractivity contribution is 5.93. The third-order valence-electron chi connectivity index (χ3n) is 4.24. The van der Waals surface area contributed by atoms with Gasteiger partial charge in [0.15, 0.2) is 0 Å². The molecular formula is C18H23N3O2. The van der Waals surface area contributed by atoms with Crippen LogP contribution in [0.2, 0.25) is 0 Å². The van der Waals surface area contributed by atoms with Crippen LogP contribution in [0, 0.1) is 5.92 Å². The molecule has 5 nitrogen and oxygen atoms in total. The number of nitrogens with zero attached hydrogens (tertiary/aromatic N) is 2. The number of H-pyrrole nitrogens is 1. The molecular weight excluding hydrogens is 290 g/mol. The van der Waals surface area contributed by atoms with E-state index in [4.69, 9.17) is 4.74 Å². The van der Waals surface area contributed by atoms with Crippen LogP contribution in [-0.2, 0) is 6.42 Å². The summed E-state index contributed by atoms with van der Waals surface area (Å²) in [7, 11) is 1.66. The molecule has 1 aliphatic rings. The Morgan fingerprint density at radius 3 is 2.91 bits per heavy atom. The van der Waals surface area contributed by atoms with Crippen molar-refractivity contribution in [1.29, 1.82) is 0 Å². The lowest BCUT2D eigenvalue weighted by Gasteiger charge is -2.41. The van der Waals surface area contributed by atoms with Gasteiger partial charge < -0.3 is 9.64 Å². The van der Waals surface area contributed by atoms with E-state index < -0.39 is 0 Å². The number of hydrogen-bond donors (Lipinski definition) is 1.